The van der Waals surface area contributed by atoms with Gasteiger partial charge in [0.05, 0.1) is 0 Å². The van der Waals surface area contributed by atoms with Gasteiger partial charge in [0.1, 0.15) is 0 Å². The van der Waals surface area contributed by atoms with E-state index in [0.29, 0.717) is 17.7 Å². The molecule has 4 aromatic carbocycles. The summed E-state index contributed by atoms with van der Waals surface area (Å²) in [5.41, 5.74) is 1.09. The number of hydrogen-bond donors (Lipinski definition) is 1. The molecule has 0 aliphatic heterocycles. The van der Waals surface area contributed by atoms with Crippen molar-refractivity contribution in [3.8, 4) is 0 Å². The van der Waals surface area contributed by atoms with E-state index < -0.39 is 12.2 Å². The molecule has 0 saturated carbocycles. The van der Waals surface area contributed by atoms with Gasteiger partial charge in [-0.2, -0.15) is 0 Å². The number of nitro benzene ring substituents is 1. The molecule has 7 nitrogen and oxygen atoms in total. The van der Waals surface area contributed by atoms with Crippen molar-refractivity contribution in [2.45, 2.75) is 6.42 Å². The molecule has 0 atom stereocenters. The van der Waals surface area contributed by atoms with E-state index in [-0.39, 0.29) is 11.2 Å². The van der Waals surface area contributed by atoms with Crippen molar-refractivity contribution in [1.29, 1.82) is 0 Å². The minimum absolute atomic E-state index is 0.115. The Morgan fingerprint density at radius 2 is 1.26 bits per heavy atom. The van der Waals surface area contributed by atoms with Crippen LogP contribution in [0, 0.1) is 10.1 Å². The monoisotopic (exact) mass is 484 g/mol. The van der Waals surface area contributed by atoms with Crippen molar-refractivity contribution in [3.63, 3.8) is 0 Å². The first-order valence-electron chi connectivity index (χ1n) is 11.5. The zero-order chi connectivity index (χ0) is 24.1. The number of aromatic nitrogens is 2. The van der Waals surface area contributed by atoms with Gasteiger partial charge in [-0.25, -0.2) is 0 Å². The van der Waals surface area contributed by atoms with E-state index >= 15 is 0 Å². The number of hydrogen-bond acceptors (Lipinski definition) is 6. The second-order valence-electron chi connectivity index (χ2n) is 8.38. The van der Waals surface area contributed by atoms with Gasteiger partial charge in [-0.15, -0.1) is 0 Å². The fraction of sp³-hybridized carbons (Fsp3) is 0.111. The topological polar surface area (TPSA) is 94.1 Å². The molecule has 0 bridgehead atoms. The maximum absolute atomic E-state index is 11.3. The van der Waals surface area contributed by atoms with Gasteiger partial charge in [-0.1, -0.05) is 0 Å². The summed E-state index contributed by atoms with van der Waals surface area (Å²) in [6, 6.07) is 35.5. The van der Waals surface area contributed by atoms with Crippen LogP contribution in [0.4, 0.5) is 11.4 Å². The summed E-state index contributed by atoms with van der Waals surface area (Å²) in [6.45, 7) is 0.682. The summed E-state index contributed by atoms with van der Waals surface area (Å²) in [5, 5.41) is 26.4. The standard InChI is InChI=1S/C27H25N4O3P/c32-31(33)25-18-17-24(26-27(25)30-34-29-26)28-19-10-20-35(21-11-4-1-5-12-21,22-13-6-2-7-14-22)23-15-8-3-9-16-23/h1-9,11-18,28,35H,10,19-20H2. The van der Waals surface area contributed by atoms with E-state index in [9.17, 15) is 10.1 Å². The molecular formula is C27H25N4O3P. The maximum atomic E-state index is 11.3. The molecule has 1 heterocycles. The third-order valence-corrected chi connectivity index (χ3v) is 11.5. The van der Waals surface area contributed by atoms with Crippen LogP contribution in [0.15, 0.2) is 108 Å². The van der Waals surface area contributed by atoms with Gasteiger partial charge in [-0.3, -0.25) is 0 Å². The van der Waals surface area contributed by atoms with Crippen LogP contribution in [0.2, 0.25) is 0 Å². The summed E-state index contributed by atoms with van der Waals surface area (Å²) >= 11 is 0. The van der Waals surface area contributed by atoms with Gasteiger partial charge in [0, 0.05) is 0 Å². The number of nitro groups is 1. The first-order valence-corrected chi connectivity index (χ1v) is 13.7. The quantitative estimate of drug-likeness (QED) is 0.142. The second kappa shape index (κ2) is 10.0. The summed E-state index contributed by atoms with van der Waals surface area (Å²) in [6.07, 6.45) is 1.89. The minimum atomic E-state index is -2.30. The Balaban J connectivity index is 1.46. The van der Waals surface area contributed by atoms with Crippen LogP contribution in [-0.4, -0.2) is 27.9 Å². The first-order chi connectivity index (χ1) is 17.2. The Kier molecular flexibility index (Phi) is 6.51. The molecule has 0 spiro atoms. The van der Waals surface area contributed by atoms with Crippen molar-refractivity contribution in [3.05, 3.63) is 113 Å². The average molecular weight is 484 g/mol. The molecule has 176 valence electrons. The third kappa shape index (κ3) is 4.38. The number of anilines is 1. The Morgan fingerprint density at radius 1 is 0.743 bits per heavy atom. The average Bonchev–Trinajstić information content (AvgIpc) is 3.41. The third-order valence-electron chi connectivity index (χ3n) is 6.43. The Morgan fingerprint density at radius 3 is 1.77 bits per heavy atom. The van der Waals surface area contributed by atoms with Gasteiger partial charge in [0.15, 0.2) is 0 Å². The van der Waals surface area contributed by atoms with E-state index in [1.54, 1.807) is 6.07 Å². The van der Waals surface area contributed by atoms with Crippen molar-refractivity contribution >= 4 is 45.6 Å². The molecule has 0 fully saturated rings. The fourth-order valence-electron chi connectivity index (χ4n) is 4.82. The fourth-order valence-corrected chi connectivity index (χ4v) is 9.68. The predicted molar refractivity (Wildman–Crippen MR) is 143 cm³/mol. The van der Waals surface area contributed by atoms with Crippen molar-refractivity contribution < 1.29 is 9.55 Å². The Hall–Kier alpha value is -4.09. The molecule has 0 radical (unpaired) electrons. The first kappa shape index (κ1) is 22.7. The molecule has 35 heavy (non-hydrogen) atoms. The van der Waals surface area contributed by atoms with Crippen LogP contribution >= 0.6 is 7.26 Å². The van der Waals surface area contributed by atoms with E-state index in [1.807, 2.05) is 0 Å². The second-order valence-corrected chi connectivity index (χ2v) is 12.4. The van der Waals surface area contributed by atoms with Gasteiger partial charge in [-0.05, 0) is 0 Å². The predicted octanol–water partition coefficient (Wildman–Crippen LogP) is 4.66. The van der Waals surface area contributed by atoms with Crippen LogP contribution in [-0.2, 0) is 0 Å². The van der Waals surface area contributed by atoms with E-state index in [4.69, 9.17) is 4.63 Å². The number of nitrogens with one attached hydrogen (secondary N) is 1. The van der Waals surface area contributed by atoms with Crippen molar-refractivity contribution in [2.75, 3.05) is 18.0 Å². The normalized spacial score (nSPS) is 11.9. The van der Waals surface area contributed by atoms with Crippen LogP contribution < -0.4 is 21.2 Å². The van der Waals surface area contributed by atoms with Crippen molar-refractivity contribution in [2.24, 2.45) is 0 Å². The van der Waals surface area contributed by atoms with E-state index in [2.05, 4.69) is 107 Å². The van der Waals surface area contributed by atoms with E-state index in [1.165, 1.54) is 22.0 Å². The zero-order valence-electron chi connectivity index (χ0n) is 19.0. The van der Waals surface area contributed by atoms with Gasteiger partial charge < -0.3 is 0 Å². The number of rotatable bonds is 9. The molecule has 8 heteroatoms. The number of non-ortho nitro benzene ring substituents is 1. The zero-order valence-corrected chi connectivity index (χ0v) is 20.0. The summed E-state index contributed by atoms with van der Waals surface area (Å²) in [7, 11) is -2.30. The van der Waals surface area contributed by atoms with E-state index in [0.717, 1.165) is 12.6 Å². The van der Waals surface area contributed by atoms with Gasteiger partial charge in [0.25, 0.3) is 0 Å². The Bertz CT molecular complexity index is 1330. The summed E-state index contributed by atoms with van der Waals surface area (Å²) in [4.78, 5) is 10.8. The molecule has 0 unspecified atom stereocenters. The van der Waals surface area contributed by atoms with Crippen LogP contribution in [0.1, 0.15) is 6.42 Å². The van der Waals surface area contributed by atoms with Crippen LogP contribution in [0.3, 0.4) is 0 Å². The number of fused-ring (bicyclic) bond motifs is 1. The molecule has 0 aliphatic rings. The van der Waals surface area contributed by atoms with Gasteiger partial charge in [0.2, 0.25) is 0 Å². The molecular weight excluding hydrogens is 459 g/mol. The van der Waals surface area contributed by atoms with Crippen LogP contribution in [0.5, 0.6) is 0 Å². The Labute approximate surface area is 203 Å². The molecule has 1 aromatic heterocycles. The number of nitrogens with zero attached hydrogens (tertiary/aromatic N) is 3. The molecule has 0 amide bonds. The van der Waals surface area contributed by atoms with Gasteiger partial charge >= 0.3 is 203 Å². The molecule has 5 aromatic rings. The molecule has 1 N–H and O–H groups in total. The van der Waals surface area contributed by atoms with Crippen molar-refractivity contribution in [1.82, 2.24) is 10.3 Å². The molecule has 5 rings (SSSR count). The molecule has 0 saturated heterocycles. The molecule has 0 aliphatic carbocycles. The summed E-state index contributed by atoms with van der Waals surface area (Å²) in [5.74, 6) is 0. The summed E-state index contributed by atoms with van der Waals surface area (Å²) < 4.78 is 4.79. The SMILES string of the molecule is O=[N+]([O-])c1ccc(NCCC[PH](c2ccccc2)(c2ccccc2)c2ccccc2)c2nonc12. The van der Waals surface area contributed by atoms with Crippen LogP contribution in [0.25, 0.3) is 11.0 Å². The number of benzene rings is 4.